The van der Waals surface area contributed by atoms with Gasteiger partial charge in [-0.2, -0.15) is 0 Å². The van der Waals surface area contributed by atoms with Crippen LogP contribution in [0.25, 0.3) is 0 Å². The quantitative estimate of drug-likeness (QED) is 0.424. The van der Waals surface area contributed by atoms with Gasteiger partial charge in [0.25, 0.3) is 0 Å². The maximum Gasteiger partial charge on any atom is 0.157 e. The molecule has 0 amide bonds. The molecule has 2 nitrogen and oxygen atoms in total. The predicted octanol–water partition coefficient (Wildman–Crippen LogP) is 2.74. The van der Waals surface area contributed by atoms with E-state index in [0.717, 1.165) is 19.6 Å². The molecule has 0 unspecified atom stereocenters. The molecule has 0 bridgehead atoms. The molecule has 0 aromatic carbocycles. The molecule has 1 aliphatic rings. The number of hydrogen-bond acceptors (Lipinski definition) is 2. The van der Waals surface area contributed by atoms with Crippen LogP contribution in [-0.4, -0.2) is 23.9 Å². The van der Waals surface area contributed by atoms with Crippen LogP contribution in [0.2, 0.25) is 0 Å². The number of alkyl halides is 1. The lowest BCUT2D eigenvalue weighted by Gasteiger charge is -2.07. The first-order chi connectivity index (χ1) is 5.93. The Bertz CT molecular complexity index is 103. The molecule has 1 rings (SSSR count). The van der Waals surface area contributed by atoms with E-state index in [4.69, 9.17) is 9.47 Å². The first-order valence-electron chi connectivity index (χ1n) is 4.72. The number of hydrogen-bond donors (Lipinski definition) is 0. The zero-order chi connectivity index (χ0) is 8.65. The Morgan fingerprint density at radius 1 is 1.00 bits per heavy atom. The van der Waals surface area contributed by atoms with E-state index >= 15 is 0 Å². The summed E-state index contributed by atoms with van der Waals surface area (Å²) in [6, 6.07) is 0. The van der Waals surface area contributed by atoms with Crippen LogP contribution in [0.3, 0.4) is 0 Å². The fourth-order valence-electron chi connectivity index (χ4n) is 1.33. The van der Waals surface area contributed by atoms with Gasteiger partial charge in [-0.25, -0.2) is 0 Å². The molecule has 0 atom stereocenters. The summed E-state index contributed by atoms with van der Waals surface area (Å²) < 4.78 is 12.0. The molecule has 0 radical (unpaired) electrons. The Kier molecular flexibility index (Phi) is 6.34. The van der Waals surface area contributed by atoms with E-state index in [1.807, 2.05) is 0 Å². The fraction of sp³-hybridized carbons (Fsp3) is 1.00. The van der Waals surface area contributed by atoms with Gasteiger partial charge in [-0.15, -0.1) is 0 Å². The van der Waals surface area contributed by atoms with E-state index < -0.39 is 0 Å². The summed E-state index contributed by atoms with van der Waals surface area (Å²) >= 11 is 2.43. The van der Waals surface area contributed by atoms with Crippen LogP contribution in [0.5, 0.6) is 0 Å². The Labute approximate surface area is 88.1 Å². The van der Waals surface area contributed by atoms with E-state index in [1.54, 1.807) is 0 Å². The summed E-state index contributed by atoms with van der Waals surface area (Å²) in [6.07, 6.45) is 6.49. The van der Waals surface area contributed by atoms with Crippen molar-refractivity contribution in [3.05, 3.63) is 0 Å². The molecule has 1 aliphatic heterocycles. The maximum absolute atomic E-state index is 5.34. The lowest BCUT2D eigenvalue weighted by Crippen LogP contribution is -2.06. The lowest BCUT2D eigenvalue weighted by molar-refractivity contribution is -0.0479. The van der Waals surface area contributed by atoms with Gasteiger partial charge in [-0.3, -0.25) is 0 Å². The molecule has 0 saturated carbocycles. The van der Waals surface area contributed by atoms with E-state index in [1.165, 1.54) is 30.1 Å². The molecule has 72 valence electrons. The SMILES string of the molecule is ICCCCCCC1OCCO1. The molecule has 0 aromatic heterocycles. The number of ether oxygens (including phenoxy) is 2. The molecule has 0 spiro atoms. The fourth-order valence-corrected chi connectivity index (χ4v) is 1.87. The summed E-state index contributed by atoms with van der Waals surface area (Å²) in [5, 5.41) is 0. The van der Waals surface area contributed by atoms with Crippen molar-refractivity contribution >= 4 is 22.6 Å². The third-order valence-electron chi connectivity index (χ3n) is 2.01. The normalized spacial score (nSPS) is 18.8. The van der Waals surface area contributed by atoms with Crippen molar-refractivity contribution in [3.63, 3.8) is 0 Å². The molecule has 0 aliphatic carbocycles. The summed E-state index contributed by atoms with van der Waals surface area (Å²) in [6.45, 7) is 1.58. The Balaban J connectivity index is 1.81. The van der Waals surface area contributed by atoms with Crippen molar-refractivity contribution < 1.29 is 9.47 Å². The summed E-state index contributed by atoms with van der Waals surface area (Å²) in [5.41, 5.74) is 0. The Hall–Kier alpha value is 0.650. The van der Waals surface area contributed by atoms with Crippen LogP contribution in [0.4, 0.5) is 0 Å². The van der Waals surface area contributed by atoms with Gasteiger partial charge in [0.2, 0.25) is 0 Å². The highest BCUT2D eigenvalue weighted by Crippen LogP contribution is 2.13. The third kappa shape index (κ3) is 4.62. The molecular weight excluding hydrogens is 267 g/mol. The minimum Gasteiger partial charge on any atom is -0.350 e. The van der Waals surface area contributed by atoms with Crippen LogP contribution in [-0.2, 0) is 9.47 Å². The van der Waals surface area contributed by atoms with E-state index in [9.17, 15) is 0 Å². The molecule has 1 heterocycles. The summed E-state index contributed by atoms with van der Waals surface area (Å²) in [5.74, 6) is 0. The number of rotatable bonds is 6. The first kappa shape index (κ1) is 10.7. The van der Waals surface area contributed by atoms with Crippen LogP contribution < -0.4 is 0 Å². The largest absolute Gasteiger partial charge is 0.350 e. The van der Waals surface area contributed by atoms with Gasteiger partial charge >= 0.3 is 0 Å². The van der Waals surface area contributed by atoms with Crippen molar-refractivity contribution in [1.82, 2.24) is 0 Å². The van der Waals surface area contributed by atoms with E-state index in [2.05, 4.69) is 22.6 Å². The monoisotopic (exact) mass is 284 g/mol. The van der Waals surface area contributed by atoms with Crippen LogP contribution in [0.15, 0.2) is 0 Å². The van der Waals surface area contributed by atoms with Crippen LogP contribution >= 0.6 is 22.6 Å². The van der Waals surface area contributed by atoms with E-state index in [-0.39, 0.29) is 6.29 Å². The van der Waals surface area contributed by atoms with Crippen molar-refractivity contribution in [2.45, 2.75) is 38.4 Å². The van der Waals surface area contributed by atoms with Gasteiger partial charge in [0.1, 0.15) is 0 Å². The average molecular weight is 284 g/mol. The van der Waals surface area contributed by atoms with Crippen molar-refractivity contribution in [1.29, 1.82) is 0 Å². The summed E-state index contributed by atoms with van der Waals surface area (Å²) in [4.78, 5) is 0. The van der Waals surface area contributed by atoms with Crippen LogP contribution in [0.1, 0.15) is 32.1 Å². The highest BCUT2D eigenvalue weighted by Gasteiger charge is 2.14. The average Bonchev–Trinajstić information content (AvgIpc) is 2.57. The molecular formula is C9H17IO2. The molecule has 0 N–H and O–H groups in total. The highest BCUT2D eigenvalue weighted by atomic mass is 127. The van der Waals surface area contributed by atoms with Crippen molar-refractivity contribution in [2.24, 2.45) is 0 Å². The van der Waals surface area contributed by atoms with Gasteiger partial charge in [-0.05, 0) is 23.7 Å². The lowest BCUT2D eigenvalue weighted by atomic mass is 10.1. The standard InChI is InChI=1S/C9H17IO2/c10-6-4-2-1-3-5-9-11-7-8-12-9/h9H,1-8H2. The topological polar surface area (TPSA) is 18.5 Å². The highest BCUT2D eigenvalue weighted by molar-refractivity contribution is 14.1. The Morgan fingerprint density at radius 3 is 2.33 bits per heavy atom. The first-order valence-corrected chi connectivity index (χ1v) is 6.25. The smallest absolute Gasteiger partial charge is 0.157 e. The predicted molar refractivity (Wildman–Crippen MR) is 57.7 cm³/mol. The second-order valence-corrected chi connectivity index (χ2v) is 4.14. The van der Waals surface area contributed by atoms with Gasteiger partial charge in [0.15, 0.2) is 6.29 Å². The molecule has 1 fully saturated rings. The molecule has 1 saturated heterocycles. The minimum atomic E-state index is 0.115. The van der Waals surface area contributed by atoms with Gasteiger partial charge in [0, 0.05) is 0 Å². The molecule has 12 heavy (non-hydrogen) atoms. The zero-order valence-corrected chi connectivity index (χ0v) is 9.59. The Morgan fingerprint density at radius 2 is 1.67 bits per heavy atom. The van der Waals surface area contributed by atoms with Crippen molar-refractivity contribution in [3.8, 4) is 0 Å². The van der Waals surface area contributed by atoms with Gasteiger partial charge in [-0.1, -0.05) is 35.4 Å². The number of halogens is 1. The van der Waals surface area contributed by atoms with Gasteiger partial charge < -0.3 is 9.47 Å². The minimum absolute atomic E-state index is 0.115. The molecule has 0 aromatic rings. The van der Waals surface area contributed by atoms with Crippen LogP contribution in [0, 0.1) is 0 Å². The summed E-state index contributed by atoms with van der Waals surface area (Å²) in [7, 11) is 0. The second-order valence-electron chi connectivity index (χ2n) is 3.06. The zero-order valence-electron chi connectivity index (χ0n) is 7.43. The van der Waals surface area contributed by atoms with Gasteiger partial charge in [0.05, 0.1) is 13.2 Å². The second kappa shape index (κ2) is 7.09. The van der Waals surface area contributed by atoms with Crippen molar-refractivity contribution in [2.75, 3.05) is 17.6 Å². The number of unbranched alkanes of at least 4 members (excludes halogenated alkanes) is 3. The van der Waals surface area contributed by atoms with E-state index in [0.29, 0.717) is 0 Å². The third-order valence-corrected chi connectivity index (χ3v) is 2.78. The maximum atomic E-state index is 5.34. The molecule has 3 heteroatoms.